The van der Waals surface area contributed by atoms with E-state index in [4.69, 9.17) is 16.2 Å². The molecule has 5 nitrogen and oxygen atoms in total. The van der Waals surface area contributed by atoms with Crippen molar-refractivity contribution in [3.63, 3.8) is 0 Å². The van der Waals surface area contributed by atoms with Gasteiger partial charge in [0.05, 0.1) is 5.69 Å². The van der Waals surface area contributed by atoms with Crippen LogP contribution in [0.25, 0.3) is 0 Å². The molecule has 0 aliphatic carbocycles. The molecule has 0 aliphatic heterocycles. The third-order valence-corrected chi connectivity index (χ3v) is 2.82. The highest BCUT2D eigenvalue weighted by Gasteiger charge is 2.03. The fourth-order valence-electron chi connectivity index (χ4n) is 1.68. The molecule has 1 aromatic rings. The van der Waals surface area contributed by atoms with Crippen LogP contribution in [0.15, 0.2) is 18.2 Å². The zero-order chi connectivity index (χ0) is 12.7. The number of nitrogens with two attached hydrogens (primary N) is 2. The van der Waals surface area contributed by atoms with E-state index in [1.54, 1.807) is 18.2 Å². The van der Waals surface area contributed by atoms with Crippen LogP contribution < -0.4 is 21.5 Å². The van der Waals surface area contributed by atoms with Gasteiger partial charge in [0, 0.05) is 24.3 Å². The predicted octanol–water partition coefficient (Wildman–Crippen LogP) is 1.18. The molecule has 0 amide bonds. The largest absolute Gasteiger partial charge is 0.490 e. The van der Waals surface area contributed by atoms with Gasteiger partial charge >= 0.3 is 0 Å². The quantitative estimate of drug-likeness (QED) is 0.502. The third kappa shape index (κ3) is 5.25. The average molecular weight is 255 g/mol. The average Bonchev–Trinajstić information content (AvgIpc) is 2.33. The standard InChI is InChI=1S/C13H23N3O.H2O/c1-3-11(4-2)16-7-8-17-13-9-10(14)5-6-12(13)15;/h5-6,9,11,16H,3-4,7-8,14-15H2,1-2H3;1H2. The van der Waals surface area contributed by atoms with Crippen molar-refractivity contribution in [3.05, 3.63) is 18.2 Å². The molecule has 1 rings (SSSR count). The summed E-state index contributed by atoms with van der Waals surface area (Å²) in [6.07, 6.45) is 2.27. The summed E-state index contributed by atoms with van der Waals surface area (Å²) in [6, 6.07) is 5.85. The van der Waals surface area contributed by atoms with Gasteiger partial charge in [0.2, 0.25) is 0 Å². The number of hydrogen-bond acceptors (Lipinski definition) is 4. The van der Waals surface area contributed by atoms with Crippen LogP contribution in [0.3, 0.4) is 0 Å². The first-order chi connectivity index (χ1) is 8.17. The molecule has 0 atom stereocenters. The molecule has 0 heterocycles. The van der Waals surface area contributed by atoms with Crippen LogP contribution in [-0.4, -0.2) is 24.7 Å². The van der Waals surface area contributed by atoms with E-state index in [0.717, 1.165) is 19.4 Å². The van der Waals surface area contributed by atoms with Crippen LogP contribution in [0.1, 0.15) is 26.7 Å². The maximum Gasteiger partial charge on any atom is 0.144 e. The Balaban J connectivity index is 0.00000289. The van der Waals surface area contributed by atoms with Gasteiger partial charge in [0.25, 0.3) is 0 Å². The van der Waals surface area contributed by atoms with E-state index in [1.165, 1.54) is 0 Å². The zero-order valence-corrected chi connectivity index (χ0v) is 11.2. The summed E-state index contributed by atoms with van der Waals surface area (Å²) < 4.78 is 5.59. The molecule has 0 unspecified atom stereocenters. The van der Waals surface area contributed by atoms with Crippen molar-refractivity contribution in [2.45, 2.75) is 32.7 Å². The van der Waals surface area contributed by atoms with Crippen molar-refractivity contribution in [2.75, 3.05) is 24.6 Å². The van der Waals surface area contributed by atoms with Crippen molar-refractivity contribution in [3.8, 4) is 5.75 Å². The molecule has 0 aliphatic rings. The van der Waals surface area contributed by atoms with E-state index in [-0.39, 0.29) is 5.48 Å². The first-order valence-electron chi connectivity index (χ1n) is 6.18. The molecule has 7 N–H and O–H groups in total. The second-order valence-corrected chi connectivity index (χ2v) is 4.11. The Morgan fingerprint density at radius 1 is 1.22 bits per heavy atom. The predicted molar refractivity (Wildman–Crippen MR) is 76.7 cm³/mol. The smallest absolute Gasteiger partial charge is 0.144 e. The van der Waals surface area contributed by atoms with Crippen molar-refractivity contribution < 1.29 is 10.2 Å². The lowest BCUT2D eigenvalue weighted by Gasteiger charge is -2.15. The Morgan fingerprint density at radius 3 is 2.50 bits per heavy atom. The van der Waals surface area contributed by atoms with Crippen LogP contribution >= 0.6 is 0 Å². The van der Waals surface area contributed by atoms with Crippen LogP contribution in [0.4, 0.5) is 11.4 Å². The topological polar surface area (TPSA) is 105 Å². The van der Waals surface area contributed by atoms with Crippen molar-refractivity contribution in [1.82, 2.24) is 5.32 Å². The summed E-state index contributed by atoms with van der Waals surface area (Å²) in [5.41, 5.74) is 12.7. The first-order valence-corrected chi connectivity index (χ1v) is 6.18. The molecule has 0 spiro atoms. The minimum Gasteiger partial charge on any atom is -0.490 e. The highest BCUT2D eigenvalue weighted by atomic mass is 16.5. The number of hydrogen-bond donors (Lipinski definition) is 3. The molecule has 0 radical (unpaired) electrons. The number of rotatable bonds is 7. The van der Waals surface area contributed by atoms with Crippen LogP contribution in [0, 0.1) is 0 Å². The van der Waals surface area contributed by atoms with Gasteiger partial charge < -0.3 is 27.0 Å². The molecule has 0 bridgehead atoms. The summed E-state index contributed by atoms with van der Waals surface area (Å²) in [6.45, 7) is 5.78. The highest BCUT2D eigenvalue weighted by molar-refractivity contribution is 5.59. The second kappa shape index (κ2) is 8.60. The Labute approximate surface area is 109 Å². The fraction of sp³-hybridized carbons (Fsp3) is 0.538. The lowest BCUT2D eigenvalue weighted by atomic mass is 10.2. The number of anilines is 2. The van der Waals surface area contributed by atoms with Gasteiger partial charge in [0.15, 0.2) is 0 Å². The molecule has 18 heavy (non-hydrogen) atoms. The van der Waals surface area contributed by atoms with Crippen LogP contribution in [-0.2, 0) is 0 Å². The van der Waals surface area contributed by atoms with Gasteiger partial charge in [-0.05, 0) is 25.0 Å². The Kier molecular flexibility index (Phi) is 7.91. The molecule has 0 aromatic heterocycles. The van der Waals surface area contributed by atoms with Crippen molar-refractivity contribution in [2.24, 2.45) is 0 Å². The summed E-state index contributed by atoms with van der Waals surface area (Å²) >= 11 is 0. The Morgan fingerprint density at radius 2 is 1.89 bits per heavy atom. The maximum atomic E-state index is 5.78. The second-order valence-electron chi connectivity index (χ2n) is 4.11. The van der Waals surface area contributed by atoms with Gasteiger partial charge in [-0.15, -0.1) is 0 Å². The normalized spacial score (nSPS) is 10.2. The van der Waals surface area contributed by atoms with Gasteiger partial charge in [-0.1, -0.05) is 13.8 Å². The number of nitrogens with one attached hydrogen (secondary N) is 1. The van der Waals surface area contributed by atoms with E-state index in [1.807, 2.05) is 0 Å². The Hall–Kier alpha value is -1.46. The summed E-state index contributed by atoms with van der Waals surface area (Å²) in [7, 11) is 0. The fourth-order valence-corrected chi connectivity index (χ4v) is 1.68. The molecule has 0 fully saturated rings. The van der Waals surface area contributed by atoms with Crippen LogP contribution in [0.5, 0.6) is 5.75 Å². The molecule has 0 saturated heterocycles. The van der Waals surface area contributed by atoms with Gasteiger partial charge in [-0.2, -0.15) is 0 Å². The summed E-state index contributed by atoms with van der Waals surface area (Å²) in [4.78, 5) is 0. The van der Waals surface area contributed by atoms with E-state index in [9.17, 15) is 0 Å². The third-order valence-electron chi connectivity index (χ3n) is 2.82. The van der Waals surface area contributed by atoms with E-state index >= 15 is 0 Å². The van der Waals surface area contributed by atoms with Crippen molar-refractivity contribution >= 4 is 11.4 Å². The number of ether oxygens (including phenoxy) is 1. The molecule has 1 aromatic carbocycles. The van der Waals surface area contributed by atoms with E-state index < -0.39 is 0 Å². The molecular formula is C13H25N3O2. The van der Waals surface area contributed by atoms with E-state index in [0.29, 0.717) is 29.8 Å². The van der Waals surface area contributed by atoms with Crippen molar-refractivity contribution in [1.29, 1.82) is 0 Å². The summed E-state index contributed by atoms with van der Waals surface area (Å²) in [5.74, 6) is 0.663. The summed E-state index contributed by atoms with van der Waals surface area (Å²) in [5, 5.41) is 3.43. The zero-order valence-electron chi connectivity index (χ0n) is 11.2. The number of nitrogen functional groups attached to an aromatic ring is 2. The molecule has 0 saturated carbocycles. The lowest BCUT2D eigenvalue weighted by molar-refractivity contribution is 0.304. The lowest BCUT2D eigenvalue weighted by Crippen LogP contribution is -2.31. The minimum absolute atomic E-state index is 0. The van der Waals surface area contributed by atoms with E-state index in [2.05, 4.69) is 19.2 Å². The SMILES string of the molecule is CCC(CC)NCCOc1cc(N)ccc1N.O. The maximum absolute atomic E-state index is 5.78. The molecule has 5 heteroatoms. The van der Waals surface area contributed by atoms with Gasteiger partial charge in [0.1, 0.15) is 12.4 Å². The number of benzene rings is 1. The monoisotopic (exact) mass is 255 g/mol. The first kappa shape index (κ1) is 16.5. The van der Waals surface area contributed by atoms with Gasteiger partial charge in [-0.25, -0.2) is 0 Å². The van der Waals surface area contributed by atoms with Crippen LogP contribution in [0.2, 0.25) is 0 Å². The molecule has 104 valence electrons. The minimum atomic E-state index is 0. The van der Waals surface area contributed by atoms with Gasteiger partial charge in [-0.3, -0.25) is 0 Å². The molecular weight excluding hydrogens is 230 g/mol. The Bertz CT molecular complexity index is 341. The highest BCUT2D eigenvalue weighted by Crippen LogP contribution is 2.23.